The van der Waals surface area contributed by atoms with Crippen molar-refractivity contribution in [2.45, 2.75) is 39.2 Å². The third-order valence-corrected chi connectivity index (χ3v) is 4.82. The number of rotatable bonds is 3. The van der Waals surface area contributed by atoms with Crippen LogP contribution in [-0.2, 0) is 0 Å². The van der Waals surface area contributed by atoms with E-state index in [-0.39, 0.29) is 29.2 Å². The highest BCUT2D eigenvalue weighted by molar-refractivity contribution is 5.91. The lowest BCUT2D eigenvalue weighted by Crippen LogP contribution is -2.31. The number of benzene rings is 1. The molecule has 27 heavy (non-hydrogen) atoms. The molecule has 0 spiro atoms. The quantitative estimate of drug-likeness (QED) is 0.705. The second-order valence-corrected chi connectivity index (χ2v) is 6.84. The van der Waals surface area contributed by atoms with E-state index in [1.807, 2.05) is 25.1 Å². The molecule has 8 heteroatoms. The lowest BCUT2D eigenvalue weighted by molar-refractivity contribution is 0.0722. The number of aryl methyl sites for hydroxylation is 2. The minimum atomic E-state index is -2.73. The summed E-state index contributed by atoms with van der Waals surface area (Å²) in [6.07, 6.45) is -1.01. The van der Waals surface area contributed by atoms with Crippen LogP contribution in [0.15, 0.2) is 30.3 Å². The van der Waals surface area contributed by atoms with Gasteiger partial charge in [-0.15, -0.1) is 5.10 Å². The molecule has 0 saturated carbocycles. The molecule has 0 N–H and O–H groups in total. The molecule has 1 unspecified atom stereocenters. The van der Waals surface area contributed by atoms with Crippen molar-refractivity contribution >= 4 is 11.7 Å². The average Bonchev–Trinajstić information content (AvgIpc) is 3.27. The zero-order valence-corrected chi connectivity index (χ0v) is 15.1. The molecule has 1 aromatic carbocycles. The first kappa shape index (κ1) is 17.5. The number of carbonyl (C=O) groups excluding carboxylic acids is 1. The fourth-order valence-electron chi connectivity index (χ4n) is 3.62. The van der Waals surface area contributed by atoms with Gasteiger partial charge in [0.2, 0.25) is 5.82 Å². The van der Waals surface area contributed by atoms with Gasteiger partial charge in [-0.3, -0.25) is 4.79 Å². The molecule has 1 amide bonds. The average molecular weight is 371 g/mol. The molecule has 6 nitrogen and oxygen atoms in total. The number of carbonyl (C=O) groups is 1. The van der Waals surface area contributed by atoms with Crippen LogP contribution in [0.25, 0.3) is 5.78 Å². The maximum Gasteiger partial charge on any atom is 0.294 e. The number of halogens is 2. The lowest BCUT2D eigenvalue weighted by Gasteiger charge is -2.24. The van der Waals surface area contributed by atoms with E-state index in [0.29, 0.717) is 12.2 Å². The van der Waals surface area contributed by atoms with Gasteiger partial charge < -0.3 is 4.90 Å². The minimum absolute atomic E-state index is 0.0138. The number of hydrogen-bond donors (Lipinski definition) is 0. The van der Waals surface area contributed by atoms with Crippen LogP contribution < -0.4 is 0 Å². The summed E-state index contributed by atoms with van der Waals surface area (Å²) in [7, 11) is 0. The van der Waals surface area contributed by atoms with Gasteiger partial charge in [-0.1, -0.05) is 29.8 Å². The molecule has 1 aliphatic heterocycles. The third kappa shape index (κ3) is 3.15. The van der Waals surface area contributed by atoms with E-state index >= 15 is 0 Å². The molecule has 2 aromatic heterocycles. The fraction of sp³-hybridized carbons (Fsp3) is 0.368. The summed E-state index contributed by atoms with van der Waals surface area (Å²) in [6, 6.07) is 9.23. The summed E-state index contributed by atoms with van der Waals surface area (Å²) < 4.78 is 27.6. The second kappa shape index (κ2) is 6.68. The zero-order valence-electron chi connectivity index (χ0n) is 15.1. The lowest BCUT2D eigenvalue weighted by atomic mass is 10.0. The van der Waals surface area contributed by atoms with Crippen LogP contribution in [0.3, 0.4) is 0 Å². The summed E-state index contributed by atoms with van der Waals surface area (Å²) in [5.74, 6) is -0.447. The van der Waals surface area contributed by atoms with Crippen LogP contribution in [-0.4, -0.2) is 36.9 Å². The van der Waals surface area contributed by atoms with Gasteiger partial charge in [0.1, 0.15) is 5.69 Å². The summed E-state index contributed by atoms with van der Waals surface area (Å²) in [5.41, 5.74) is 2.27. The monoisotopic (exact) mass is 371 g/mol. The first-order valence-corrected chi connectivity index (χ1v) is 8.84. The van der Waals surface area contributed by atoms with Crippen molar-refractivity contribution in [3.05, 3.63) is 58.7 Å². The maximum atomic E-state index is 13.3. The molecule has 3 heterocycles. The topological polar surface area (TPSA) is 63.4 Å². The Morgan fingerprint density at radius 2 is 2.04 bits per heavy atom. The van der Waals surface area contributed by atoms with Gasteiger partial charge in [0.25, 0.3) is 18.1 Å². The van der Waals surface area contributed by atoms with Crippen molar-refractivity contribution in [3.63, 3.8) is 0 Å². The largest absolute Gasteiger partial charge is 0.329 e. The van der Waals surface area contributed by atoms with Gasteiger partial charge in [0, 0.05) is 12.2 Å². The van der Waals surface area contributed by atoms with Crippen molar-refractivity contribution in [1.82, 2.24) is 24.5 Å². The fourth-order valence-corrected chi connectivity index (χ4v) is 3.62. The van der Waals surface area contributed by atoms with Crippen LogP contribution in [0, 0.1) is 13.8 Å². The van der Waals surface area contributed by atoms with E-state index in [0.717, 1.165) is 28.5 Å². The number of amides is 1. The van der Waals surface area contributed by atoms with Crippen LogP contribution in [0.5, 0.6) is 0 Å². The Kier molecular flexibility index (Phi) is 4.33. The highest BCUT2D eigenvalue weighted by Crippen LogP contribution is 2.33. The molecule has 0 bridgehead atoms. The molecular weight excluding hydrogens is 352 g/mol. The van der Waals surface area contributed by atoms with Gasteiger partial charge in [-0.05, 0) is 38.3 Å². The predicted molar refractivity (Wildman–Crippen MR) is 94.7 cm³/mol. The summed E-state index contributed by atoms with van der Waals surface area (Å²) in [4.78, 5) is 23.0. The van der Waals surface area contributed by atoms with Crippen LogP contribution in [0.1, 0.15) is 58.4 Å². The molecule has 140 valence electrons. The van der Waals surface area contributed by atoms with Crippen molar-refractivity contribution in [3.8, 4) is 0 Å². The van der Waals surface area contributed by atoms with Crippen LogP contribution >= 0.6 is 0 Å². The van der Waals surface area contributed by atoms with Crippen LogP contribution in [0.4, 0.5) is 8.78 Å². The molecule has 1 saturated heterocycles. The molecule has 3 aromatic rings. The molecule has 0 aliphatic carbocycles. The van der Waals surface area contributed by atoms with Crippen molar-refractivity contribution < 1.29 is 13.6 Å². The normalized spacial score (nSPS) is 17.2. The van der Waals surface area contributed by atoms with Crippen LogP contribution in [0.2, 0.25) is 0 Å². The number of fused-ring (bicyclic) bond motifs is 1. The number of aromatic nitrogens is 4. The molecule has 4 rings (SSSR count). The molecule has 1 aliphatic rings. The Hall–Kier alpha value is -2.90. The first-order chi connectivity index (χ1) is 12.9. The summed E-state index contributed by atoms with van der Waals surface area (Å²) in [6.45, 7) is 4.20. The Morgan fingerprint density at radius 1 is 1.22 bits per heavy atom. The third-order valence-electron chi connectivity index (χ3n) is 4.82. The molecule has 0 radical (unpaired) electrons. The van der Waals surface area contributed by atoms with E-state index in [1.165, 1.54) is 6.07 Å². The molecule has 1 atom stereocenters. The number of hydrogen-bond acceptors (Lipinski definition) is 4. The highest BCUT2D eigenvalue weighted by Gasteiger charge is 2.33. The summed E-state index contributed by atoms with van der Waals surface area (Å²) in [5, 5.41) is 4.04. The molecular formula is C19H19F2N5O. The van der Waals surface area contributed by atoms with Gasteiger partial charge in [0.15, 0.2) is 0 Å². The van der Waals surface area contributed by atoms with Crippen molar-refractivity contribution in [1.29, 1.82) is 0 Å². The second-order valence-electron chi connectivity index (χ2n) is 6.84. The Morgan fingerprint density at radius 3 is 2.78 bits per heavy atom. The Balaban J connectivity index is 1.71. The van der Waals surface area contributed by atoms with Gasteiger partial charge in [-0.2, -0.15) is 9.50 Å². The predicted octanol–water partition coefficient (Wildman–Crippen LogP) is 3.66. The van der Waals surface area contributed by atoms with E-state index in [4.69, 9.17) is 0 Å². The Labute approximate surface area is 154 Å². The standard InChI is InChI=1S/C19H19F2N5O/c1-11-5-3-6-13(9-11)14-7-4-8-25(14)18(27)17-23-19-22-12(2)10-15(16(20)21)26(19)24-17/h3,5-6,9-10,14,16H,4,7-8H2,1-2H3. The highest BCUT2D eigenvalue weighted by atomic mass is 19.3. The SMILES string of the molecule is Cc1cccc(C2CCCN2C(=O)c2nc3nc(C)cc(C(F)F)n3n2)c1. The van der Waals surface area contributed by atoms with Gasteiger partial charge in [-0.25, -0.2) is 13.8 Å². The van der Waals surface area contributed by atoms with E-state index in [9.17, 15) is 13.6 Å². The Bertz CT molecular complexity index is 1020. The number of likely N-dealkylation sites (tertiary alicyclic amines) is 1. The van der Waals surface area contributed by atoms with E-state index in [1.54, 1.807) is 11.8 Å². The summed E-state index contributed by atoms with van der Waals surface area (Å²) >= 11 is 0. The van der Waals surface area contributed by atoms with Gasteiger partial charge in [0.05, 0.1) is 6.04 Å². The zero-order chi connectivity index (χ0) is 19.1. The maximum absolute atomic E-state index is 13.3. The minimum Gasteiger partial charge on any atom is -0.329 e. The van der Waals surface area contributed by atoms with Crippen molar-refractivity contribution in [2.24, 2.45) is 0 Å². The number of nitrogens with zero attached hydrogens (tertiary/aromatic N) is 5. The van der Waals surface area contributed by atoms with Gasteiger partial charge >= 0.3 is 0 Å². The first-order valence-electron chi connectivity index (χ1n) is 8.84. The number of alkyl halides is 2. The van der Waals surface area contributed by atoms with Crippen molar-refractivity contribution in [2.75, 3.05) is 6.54 Å². The molecule has 1 fully saturated rings. The van der Waals surface area contributed by atoms with E-state index in [2.05, 4.69) is 21.1 Å². The smallest absolute Gasteiger partial charge is 0.294 e. The van der Waals surface area contributed by atoms with E-state index < -0.39 is 6.43 Å².